The molecular weight excluding hydrogens is 359 g/mol. The Kier molecular flexibility index (Phi) is 4.24. The summed E-state index contributed by atoms with van der Waals surface area (Å²) in [6.07, 6.45) is 5.82. The van der Waals surface area contributed by atoms with Gasteiger partial charge < -0.3 is 4.43 Å². The lowest BCUT2D eigenvalue weighted by Gasteiger charge is -2.47. The number of hydrogen-bond donors (Lipinski definition) is 0. The van der Waals surface area contributed by atoms with Gasteiger partial charge in [-0.25, -0.2) is 9.37 Å². The van der Waals surface area contributed by atoms with Gasteiger partial charge in [0.05, 0.1) is 29.2 Å². The molecule has 4 rings (SSSR count). The molecule has 5 nitrogen and oxygen atoms in total. The van der Waals surface area contributed by atoms with Crippen LogP contribution in [0, 0.1) is 24.1 Å². The second kappa shape index (κ2) is 6.25. The molecule has 0 amide bonds. The third kappa shape index (κ3) is 3.32. The van der Waals surface area contributed by atoms with Crippen LogP contribution in [0.25, 0.3) is 11.3 Å². The maximum atomic E-state index is 13.7. The SMILES string of the molecule is Cc1nc(-c2cn(C3CCC3(C#N)O[Si](C)(C)C)nc2C2CC2)ccc1F. The van der Waals surface area contributed by atoms with Crippen LogP contribution in [-0.2, 0) is 4.43 Å². The molecule has 0 aliphatic heterocycles. The van der Waals surface area contributed by atoms with Crippen LogP contribution in [0.5, 0.6) is 0 Å². The van der Waals surface area contributed by atoms with Gasteiger partial charge in [-0.1, -0.05) is 0 Å². The molecule has 0 spiro atoms. The van der Waals surface area contributed by atoms with Crippen molar-refractivity contribution in [3.8, 4) is 17.3 Å². The van der Waals surface area contributed by atoms with Crippen LogP contribution < -0.4 is 0 Å². The van der Waals surface area contributed by atoms with Gasteiger partial charge in [0, 0.05) is 17.7 Å². The zero-order chi connectivity index (χ0) is 19.4. The molecule has 2 fully saturated rings. The van der Waals surface area contributed by atoms with Crippen molar-refractivity contribution in [3.05, 3.63) is 35.5 Å². The molecule has 2 aromatic heterocycles. The van der Waals surface area contributed by atoms with Crippen LogP contribution >= 0.6 is 0 Å². The average Bonchev–Trinajstić information content (AvgIpc) is 3.34. The van der Waals surface area contributed by atoms with Crippen molar-refractivity contribution in [2.45, 2.75) is 69.8 Å². The Morgan fingerprint density at radius 2 is 2.04 bits per heavy atom. The monoisotopic (exact) mass is 384 g/mol. The van der Waals surface area contributed by atoms with Gasteiger partial charge >= 0.3 is 0 Å². The van der Waals surface area contributed by atoms with Gasteiger partial charge in [0.25, 0.3) is 0 Å². The number of pyridine rings is 1. The number of aryl methyl sites for hydroxylation is 1. The van der Waals surface area contributed by atoms with E-state index in [1.165, 1.54) is 6.07 Å². The maximum absolute atomic E-state index is 13.7. The molecule has 27 heavy (non-hydrogen) atoms. The lowest BCUT2D eigenvalue weighted by molar-refractivity contribution is -0.0250. The predicted octanol–water partition coefficient (Wildman–Crippen LogP) is 4.72. The van der Waals surface area contributed by atoms with Crippen LogP contribution in [0.4, 0.5) is 4.39 Å². The fourth-order valence-electron chi connectivity index (χ4n) is 3.82. The number of rotatable bonds is 5. The third-order valence-corrected chi connectivity index (χ3v) is 6.32. The van der Waals surface area contributed by atoms with Gasteiger partial charge in [0.15, 0.2) is 13.9 Å². The second-order valence-corrected chi connectivity index (χ2v) is 13.1. The molecule has 2 atom stereocenters. The summed E-state index contributed by atoms with van der Waals surface area (Å²) in [5, 5.41) is 14.7. The van der Waals surface area contributed by atoms with Crippen LogP contribution in [0.2, 0.25) is 19.6 Å². The molecule has 7 heteroatoms. The van der Waals surface area contributed by atoms with Gasteiger partial charge in [-0.2, -0.15) is 10.4 Å². The van der Waals surface area contributed by atoms with Gasteiger partial charge in [0.1, 0.15) is 5.82 Å². The Hall–Kier alpha value is -2.04. The first-order valence-electron chi connectivity index (χ1n) is 9.56. The van der Waals surface area contributed by atoms with Gasteiger partial charge in [-0.15, -0.1) is 0 Å². The van der Waals surface area contributed by atoms with Crippen molar-refractivity contribution in [1.82, 2.24) is 14.8 Å². The zero-order valence-electron chi connectivity index (χ0n) is 16.3. The zero-order valence-corrected chi connectivity index (χ0v) is 17.3. The van der Waals surface area contributed by atoms with E-state index in [0.717, 1.165) is 42.6 Å². The van der Waals surface area contributed by atoms with Crippen molar-refractivity contribution in [2.24, 2.45) is 0 Å². The summed E-state index contributed by atoms with van der Waals surface area (Å²) >= 11 is 0. The highest BCUT2D eigenvalue weighted by molar-refractivity contribution is 6.69. The van der Waals surface area contributed by atoms with E-state index in [2.05, 4.69) is 30.7 Å². The molecule has 2 saturated carbocycles. The van der Waals surface area contributed by atoms with E-state index in [9.17, 15) is 9.65 Å². The highest BCUT2D eigenvalue weighted by atomic mass is 28.4. The lowest BCUT2D eigenvalue weighted by atomic mass is 9.76. The number of halogens is 1. The van der Waals surface area contributed by atoms with Gasteiger partial charge in [-0.05, 0) is 64.4 Å². The molecule has 142 valence electrons. The highest BCUT2D eigenvalue weighted by Gasteiger charge is 2.52. The number of nitrogens with zero attached hydrogens (tertiary/aromatic N) is 4. The van der Waals surface area contributed by atoms with E-state index >= 15 is 0 Å². The van der Waals surface area contributed by atoms with Crippen LogP contribution in [-0.4, -0.2) is 28.7 Å². The summed E-state index contributed by atoms with van der Waals surface area (Å²) < 4.78 is 21.9. The Morgan fingerprint density at radius 1 is 1.30 bits per heavy atom. The molecule has 2 aromatic rings. The second-order valence-electron chi connectivity index (χ2n) is 8.72. The summed E-state index contributed by atoms with van der Waals surface area (Å²) in [5.74, 6) is 0.132. The Balaban J connectivity index is 1.73. The van der Waals surface area contributed by atoms with Crippen LogP contribution in [0.15, 0.2) is 18.3 Å². The molecule has 0 radical (unpaired) electrons. The summed E-state index contributed by atoms with van der Waals surface area (Å²) in [5.41, 5.74) is 2.31. The largest absolute Gasteiger partial charge is 0.398 e. The topological polar surface area (TPSA) is 63.7 Å². The molecule has 0 saturated heterocycles. The summed E-state index contributed by atoms with van der Waals surface area (Å²) in [7, 11) is -1.87. The van der Waals surface area contributed by atoms with Gasteiger partial charge in [-0.3, -0.25) is 4.68 Å². The summed E-state index contributed by atoms with van der Waals surface area (Å²) in [6, 6.07) is 5.53. The highest BCUT2D eigenvalue weighted by Crippen LogP contribution is 2.49. The molecule has 0 aromatic carbocycles. The molecular formula is C20H25FN4OSi. The van der Waals surface area contributed by atoms with E-state index in [-0.39, 0.29) is 11.9 Å². The van der Waals surface area contributed by atoms with Crippen molar-refractivity contribution in [2.75, 3.05) is 0 Å². The van der Waals surface area contributed by atoms with E-state index < -0.39 is 13.9 Å². The van der Waals surface area contributed by atoms with E-state index in [0.29, 0.717) is 11.6 Å². The van der Waals surface area contributed by atoms with E-state index in [1.807, 2.05) is 10.9 Å². The Labute approximate surface area is 160 Å². The minimum absolute atomic E-state index is 0.0815. The molecule has 2 aliphatic rings. The van der Waals surface area contributed by atoms with Crippen LogP contribution in [0.1, 0.15) is 49.0 Å². The van der Waals surface area contributed by atoms with Crippen LogP contribution in [0.3, 0.4) is 0 Å². The van der Waals surface area contributed by atoms with Crippen molar-refractivity contribution in [3.63, 3.8) is 0 Å². The van der Waals surface area contributed by atoms with Gasteiger partial charge in [0.2, 0.25) is 0 Å². The predicted molar refractivity (Wildman–Crippen MR) is 103 cm³/mol. The van der Waals surface area contributed by atoms with Crippen molar-refractivity contribution >= 4 is 8.32 Å². The molecule has 0 bridgehead atoms. The Morgan fingerprint density at radius 3 is 2.56 bits per heavy atom. The standard InChI is InChI=1S/C20H25FN4OSi/c1-13-16(21)7-8-17(23-13)15-11-25(24-19(15)14-5-6-14)18-9-10-20(18,12-22)26-27(2,3)4/h7-8,11,14,18H,5-6,9-10H2,1-4H3. The Bertz CT molecular complexity index is 925. The first kappa shape index (κ1) is 18.3. The van der Waals surface area contributed by atoms with E-state index in [1.54, 1.807) is 13.0 Å². The quantitative estimate of drug-likeness (QED) is 0.700. The fraction of sp³-hybridized carbons (Fsp3) is 0.550. The average molecular weight is 385 g/mol. The lowest BCUT2D eigenvalue weighted by Crippen LogP contribution is -2.54. The first-order chi connectivity index (χ1) is 12.7. The molecule has 0 N–H and O–H groups in total. The first-order valence-corrected chi connectivity index (χ1v) is 13.0. The fourth-order valence-corrected chi connectivity index (χ4v) is 5.19. The van der Waals surface area contributed by atoms with E-state index in [4.69, 9.17) is 9.52 Å². The summed E-state index contributed by atoms with van der Waals surface area (Å²) in [6.45, 7) is 8.00. The third-order valence-electron chi connectivity index (χ3n) is 5.35. The minimum Gasteiger partial charge on any atom is -0.398 e. The smallest absolute Gasteiger partial charge is 0.186 e. The van der Waals surface area contributed by atoms with Crippen molar-refractivity contribution in [1.29, 1.82) is 5.26 Å². The molecule has 2 unspecified atom stereocenters. The van der Waals surface area contributed by atoms with Crippen molar-refractivity contribution < 1.29 is 8.82 Å². The number of aromatic nitrogens is 3. The normalized spacial score (nSPS) is 25.1. The number of nitriles is 1. The summed E-state index contributed by atoms with van der Waals surface area (Å²) in [4.78, 5) is 4.43. The minimum atomic E-state index is -1.87. The number of hydrogen-bond acceptors (Lipinski definition) is 4. The molecule has 2 heterocycles. The maximum Gasteiger partial charge on any atom is 0.186 e. The molecule has 2 aliphatic carbocycles.